The van der Waals surface area contributed by atoms with Crippen molar-refractivity contribution in [2.45, 2.75) is 45.1 Å². The van der Waals surface area contributed by atoms with Crippen molar-refractivity contribution in [2.75, 3.05) is 4.90 Å². The molecule has 1 aromatic carbocycles. The Morgan fingerprint density at radius 2 is 1.96 bits per heavy atom. The third-order valence-electron chi connectivity index (χ3n) is 4.72. The van der Waals surface area contributed by atoms with E-state index in [4.69, 9.17) is 9.40 Å². The molecule has 0 radical (unpaired) electrons. The molecule has 0 atom stereocenters. The topological polar surface area (TPSA) is 46.3 Å². The van der Waals surface area contributed by atoms with Gasteiger partial charge in [-0.3, -0.25) is 9.69 Å². The lowest BCUT2D eigenvalue weighted by Gasteiger charge is -2.20. The summed E-state index contributed by atoms with van der Waals surface area (Å²) in [6.45, 7) is 0.560. The van der Waals surface area contributed by atoms with Gasteiger partial charge in [-0.25, -0.2) is 4.98 Å². The number of carbonyl (C=O) groups excluding carboxylic acids is 1. The summed E-state index contributed by atoms with van der Waals surface area (Å²) in [6.07, 6.45) is 7.22. The average Bonchev–Trinajstić information content (AvgIpc) is 3.34. The van der Waals surface area contributed by atoms with Crippen LogP contribution in [0.4, 0.5) is 5.13 Å². The van der Waals surface area contributed by atoms with E-state index in [0.717, 1.165) is 29.3 Å². The van der Waals surface area contributed by atoms with Crippen molar-refractivity contribution in [3.63, 3.8) is 0 Å². The van der Waals surface area contributed by atoms with E-state index in [1.807, 2.05) is 35.2 Å². The summed E-state index contributed by atoms with van der Waals surface area (Å²) in [6, 6.07) is 13.9. The Balaban J connectivity index is 1.56. The molecule has 4 rings (SSSR count). The normalized spacial score (nSPS) is 13.4. The molecule has 0 bridgehead atoms. The Kier molecular flexibility index (Phi) is 5.16. The van der Waals surface area contributed by atoms with Gasteiger partial charge in [0.1, 0.15) is 5.76 Å². The van der Waals surface area contributed by atoms with Crippen molar-refractivity contribution < 1.29 is 9.21 Å². The fourth-order valence-electron chi connectivity index (χ4n) is 3.30. The number of nitrogens with zero attached hydrogens (tertiary/aromatic N) is 2. The Morgan fingerprint density at radius 1 is 1.12 bits per heavy atom. The molecule has 0 saturated heterocycles. The van der Waals surface area contributed by atoms with Crippen molar-refractivity contribution in [1.29, 1.82) is 0 Å². The number of anilines is 1. The van der Waals surface area contributed by atoms with Crippen LogP contribution in [0.25, 0.3) is 0 Å². The van der Waals surface area contributed by atoms with Gasteiger partial charge in [0.15, 0.2) is 5.13 Å². The molecule has 3 aromatic rings. The zero-order chi connectivity index (χ0) is 17.8. The summed E-state index contributed by atoms with van der Waals surface area (Å²) in [4.78, 5) is 21.0. The first kappa shape index (κ1) is 17.0. The zero-order valence-corrected chi connectivity index (χ0v) is 15.5. The van der Waals surface area contributed by atoms with E-state index in [1.54, 1.807) is 17.6 Å². The molecular formula is C21H22N2O2S. The Morgan fingerprint density at radius 3 is 2.73 bits per heavy atom. The van der Waals surface area contributed by atoms with Gasteiger partial charge in [-0.2, -0.15) is 0 Å². The number of hydrogen-bond acceptors (Lipinski definition) is 4. The Hall–Kier alpha value is -2.40. The van der Waals surface area contributed by atoms with Gasteiger partial charge in [0.2, 0.25) is 5.91 Å². The summed E-state index contributed by atoms with van der Waals surface area (Å²) in [7, 11) is 0. The number of rotatable bonds is 6. The smallest absolute Gasteiger partial charge is 0.229 e. The van der Waals surface area contributed by atoms with E-state index in [9.17, 15) is 4.79 Å². The molecule has 0 N–H and O–H groups in total. The van der Waals surface area contributed by atoms with Gasteiger partial charge in [0.25, 0.3) is 0 Å². The van der Waals surface area contributed by atoms with Gasteiger partial charge >= 0.3 is 0 Å². The van der Waals surface area contributed by atoms with Crippen LogP contribution in [0.3, 0.4) is 0 Å². The standard InChI is InChI=1S/C21H22N2O2S/c24-20(13-12-17-9-6-14-25-17)23(15-16-7-2-1-3-8-16)21-22-18-10-4-5-11-19(18)26-21/h1-3,6-9,14H,4-5,10-13,15H2. The maximum atomic E-state index is 13.0. The zero-order valence-electron chi connectivity index (χ0n) is 14.7. The molecule has 0 fully saturated rings. The van der Waals surface area contributed by atoms with Crippen molar-refractivity contribution in [2.24, 2.45) is 0 Å². The van der Waals surface area contributed by atoms with E-state index in [2.05, 4.69) is 12.1 Å². The molecule has 4 nitrogen and oxygen atoms in total. The van der Waals surface area contributed by atoms with Crippen LogP contribution in [0, 0.1) is 0 Å². The lowest BCUT2D eigenvalue weighted by atomic mass is 10.0. The van der Waals surface area contributed by atoms with Crippen molar-refractivity contribution in [3.8, 4) is 0 Å². The van der Waals surface area contributed by atoms with Crippen LogP contribution in [0.1, 0.15) is 41.2 Å². The largest absolute Gasteiger partial charge is 0.469 e. The van der Waals surface area contributed by atoms with E-state index >= 15 is 0 Å². The van der Waals surface area contributed by atoms with Gasteiger partial charge in [0.05, 0.1) is 18.5 Å². The highest BCUT2D eigenvalue weighted by molar-refractivity contribution is 7.15. The number of fused-ring (bicyclic) bond motifs is 1. The van der Waals surface area contributed by atoms with Gasteiger partial charge in [0, 0.05) is 17.7 Å². The number of hydrogen-bond donors (Lipinski definition) is 0. The second kappa shape index (κ2) is 7.87. The lowest BCUT2D eigenvalue weighted by Crippen LogP contribution is -2.30. The van der Waals surface area contributed by atoms with E-state index in [0.29, 0.717) is 19.4 Å². The summed E-state index contributed by atoms with van der Waals surface area (Å²) in [5.41, 5.74) is 2.31. The summed E-state index contributed by atoms with van der Waals surface area (Å²) >= 11 is 1.68. The predicted molar refractivity (Wildman–Crippen MR) is 103 cm³/mol. The average molecular weight is 366 g/mol. The molecule has 0 saturated carbocycles. The number of benzene rings is 1. The first-order chi connectivity index (χ1) is 12.8. The van der Waals surface area contributed by atoms with Crippen LogP contribution in [0.2, 0.25) is 0 Å². The molecule has 1 aliphatic rings. The molecule has 0 spiro atoms. The molecule has 2 heterocycles. The first-order valence-corrected chi connectivity index (χ1v) is 9.96. The Bertz CT molecular complexity index is 832. The van der Waals surface area contributed by atoms with E-state index in [-0.39, 0.29) is 5.91 Å². The van der Waals surface area contributed by atoms with Gasteiger partial charge in [-0.05, 0) is 43.4 Å². The van der Waals surface area contributed by atoms with Crippen molar-refractivity contribution >= 4 is 22.4 Å². The maximum Gasteiger partial charge on any atom is 0.229 e. The highest BCUT2D eigenvalue weighted by atomic mass is 32.1. The number of thiazole rings is 1. The SMILES string of the molecule is O=C(CCc1ccco1)N(Cc1ccccc1)c1nc2c(s1)CCCC2. The quantitative estimate of drug-likeness (QED) is 0.631. The first-order valence-electron chi connectivity index (χ1n) is 9.15. The van der Waals surface area contributed by atoms with Crippen LogP contribution in [-0.4, -0.2) is 10.9 Å². The number of amides is 1. The summed E-state index contributed by atoms with van der Waals surface area (Å²) < 4.78 is 5.37. The number of carbonyl (C=O) groups is 1. The minimum absolute atomic E-state index is 0.0938. The number of aryl methyl sites for hydroxylation is 3. The van der Waals surface area contributed by atoms with Crippen molar-refractivity contribution in [3.05, 3.63) is 70.6 Å². The van der Waals surface area contributed by atoms with Gasteiger partial charge < -0.3 is 4.42 Å². The monoisotopic (exact) mass is 366 g/mol. The second-order valence-electron chi connectivity index (χ2n) is 6.62. The fraction of sp³-hybridized carbons (Fsp3) is 0.333. The van der Waals surface area contributed by atoms with E-state index in [1.165, 1.54) is 23.4 Å². The van der Waals surface area contributed by atoms with Gasteiger partial charge in [-0.1, -0.05) is 30.3 Å². The molecule has 1 aliphatic carbocycles. The molecule has 0 aliphatic heterocycles. The molecule has 134 valence electrons. The minimum atomic E-state index is 0.0938. The molecule has 5 heteroatoms. The molecular weight excluding hydrogens is 344 g/mol. The highest BCUT2D eigenvalue weighted by Crippen LogP contribution is 2.33. The van der Waals surface area contributed by atoms with Crippen molar-refractivity contribution in [1.82, 2.24) is 4.98 Å². The second-order valence-corrected chi connectivity index (χ2v) is 7.68. The van der Waals surface area contributed by atoms with Crippen LogP contribution < -0.4 is 4.90 Å². The molecule has 0 unspecified atom stereocenters. The maximum absolute atomic E-state index is 13.0. The predicted octanol–water partition coefficient (Wildman–Crippen LogP) is 4.78. The minimum Gasteiger partial charge on any atom is -0.469 e. The number of furan rings is 1. The number of aromatic nitrogens is 1. The van der Waals surface area contributed by atoms with Crippen LogP contribution in [0.5, 0.6) is 0 Å². The summed E-state index contributed by atoms with van der Waals surface area (Å²) in [5.74, 6) is 0.938. The Labute approximate surface area is 157 Å². The molecule has 1 amide bonds. The third-order valence-corrected chi connectivity index (χ3v) is 5.90. The van der Waals surface area contributed by atoms with E-state index < -0.39 is 0 Å². The molecule has 26 heavy (non-hydrogen) atoms. The highest BCUT2D eigenvalue weighted by Gasteiger charge is 2.23. The van der Waals surface area contributed by atoms with Crippen LogP contribution >= 0.6 is 11.3 Å². The van der Waals surface area contributed by atoms with Gasteiger partial charge in [-0.15, -0.1) is 11.3 Å². The fourth-order valence-corrected chi connectivity index (χ4v) is 4.47. The molecule has 2 aromatic heterocycles. The lowest BCUT2D eigenvalue weighted by molar-refractivity contribution is -0.118. The third kappa shape index (κ3) is 3.88. The van der Waals surface area contributed by atoms with Crippen LogP contribution in [-0.2, 0) is 30.6 Å². The summed E-state index contributed by atoms with van der Waals surface area (Å²) in [5, 5.41) is 0.838. The van der Waals surface area contributed by atoms with Crippen LogP contribution in [0.15, 0.2) is 53.1 Å².